The van der Waals surface area contributed by atoms with E-state index in [1.165, 1.54) is 30.5 Å². The first-order valence-electron chi connectivity index (χ1n) is 12.6. The van der Waals surface area contributed by atoms with Crippen molar-refractivity contribution in [1.82, 2.24) is 10.3 Å². The third-order valence-electron chi connectivity index (χ3n) is 6.67. The summed E-state index contributed by atoms with van der Waals surface area (Å²) in [7, 11) is 0. The Labute approximate surface area is 228 Å². The summed E-state index contributed by atoms with van der Waals surface area (Å²) in [5.41, 5.74) is 9.36. The lowest BCUT2D eigenvalue weighted by molar-refractivity contribution is -0.120. The molecule has 2 heterocycles. The number of nitrogens with two attached hydrogens (primary N) is 1. The van der Waals surface area contributed by atoms with Crippen LogP contribution in [0, 0.1) is 17.5 Å². The van der Waals surface area contributed by atoms with Crippen molar-refractivity contribution in [1.29, 1.82) is 0 Å². The Hall–Kier alpha value is -4.92. The van der Waals surface area contributed by atoms with E-state index in [4.69, 9.17) is 5.73 Å². The van der Waals surface area contributed by atoms with E-state index >= 15 is 0 Å². The zero-order valence-corrected chi connectivity index (χ0v) is 21.3. The van der Waals surface area contributed by atoms with Crippen LogP contribution in [0.1, 0.15) is 39.6 Å². The van der Waals surface area contributed by atoms with Gasteiger partial charge in [-0.05, 0) is 59.5 Å². The van der Waals surface area contributed by atoms with Gasteiger partial charge in [0.05, 0.1) is 23.7 Å². The number of carbonyl (C=O) groups is 2. The van der Waals surface area contributed by atoms with Crippen molar-refractivity contribution in [3.05, 3.63) is 125 Å². The first kappa shape index (κ1) is 26.7. The normalized spacial score (nSPS) is 13.0. The highest BCUT2D eigenvalue weighted by Crippen LogP contribution is 2.32. The molecule has 0 radical (unpaired) electrons. The van der Waals surface area contributed by atoms with E-state index in [9.17, 15) is 22.8 Å². The van der Waals surface area contributed by atoms with E-state index in [-0.39, 0.29) is 24.3 Å². The minimum atomic E-state index is -0.930. The van der Waals surface area contributed by atoms with Crippen LogP contribution in [0.5, 0.6) is 0 Å². The molecule has 0 saturated heterocycles. The zero-order valence-electron chi connectivity index (χ0n) is 21.3. The van der Waals surface area contributed by atoms with Gasteiger partial charge in [0.15, 0.2) is 0 Å². The van der Waals surface area contributed by atoms with E-state index in [1.54, 1.807) is 12.1 Å². The summed E-state index contributed by atoms with van der Waals surface area (Å²) in [5, 5.41) is 6.25. The van der Waals surface area contributed by atoms with Gasteiger partial charge in [-0.25, -0.2) is 13.2 Å². The molecule has 2 amide bonds. The fourth-order valence-electron chi connectivity index (χ4n) is 4.90. The summed E-state index contributed by atoms with van der Waals surface area (Å²) >= 11 is 0. The molecule has 4 N–H and O–H groups in total. The molecule has 0 bridgehead atoms. The molecule has 0 saturated carbocycles. The van der Waals surface area contributed by atoms with E-state index < -0.39 is 29.4 Å². The van der Waals surface area contributed by atoms with Gasteiger partial charge in [-0.3, -0.25) is 14.6 Å². The van der Waals surface area contributed by atoms with Crippen molar-refractivity contribution in [3.8, 4) is 11.1 Å². The third kappa shape index (κ3) is 5.88. The van der Waals surface area contributed by atoms with Crippen molar-refractivity contribution in [2.45, 2.75) is 18.9 Å². The predicted molar refractivity (Wildman–Crippen MR) is 147 cm³/mol. The maximum atomic E-state index is 14.2. The van der Waals surface area contributed by atoms with Crippen molar-refractivity contribution in [2.24, 2.45) is 5.73 Å². The van der Waals surface area contributed by atoms with Crippen molar-refractivity contribution in [3.63, 3.8) is 0 Å². The molecule has 1 aliphatic heterocycles. The van der Waals surface area contributed by atoms with Gasteiger partial charge in [-0.1, -0.05) is 36.4 Å². The summed E-state index contributed by atoms with van der Waals surface area (Å²) in [6, 6.07) is 17.3. The first-order chi connectivity index (χ1) is 19.3. The Morgan fingerprint density at radius 1 is 0.950 bits per heavy atom. The monoisotopic (exact) mass is 542 g/mol. The number of rotatable bonds is 8. The molecule has 1 aromatic heterocycles. The molecule has 5 rings (SSSR count). The number of nitrogens with one attached hydrogen (secondary N) is 2. The maximum Gasteiger partial charge on any atom is 0.251 e. The molecular weight excluding hydrogens is 517 g/mol. The maximum absolute atomic E-state index is 14.2. The average molecular weight is 543 g/mol. The highest BCUT2D eigenvalue weighted by molar-refractivity contribution is 5.95. The fourth-order valence-corrected chi connectivity index (χ4v) is 4.90. The number of para-hydroxylation sites is 1. The van der Waals surface area contributed by atoms with Crippen LogP contribution in [0.4, 0.5) is 18.9 Å². The molecule has 1 atom stereocenters. The molecule has 6 nitrogen and oxygen atoms in total. The SMILES string of the molecule is NC(=O)c1cc(-c2cccnc2[C@H](Cc2cc(F)cc(F)c2)NC(=O)CC2=CCNc3ccccc32)ccc1F. The van der Waals surface area contributed by atoms with Crippen molar-refractivity contribution in [2.75, 3.05) is 11.9 Å². The molecule has 0 fully saturated rings. The molecule has 4 aromatic rings. The second kappa shape index (κ2) is 11.4. The van der Waals surface area contributed by atoms with Crippen LogP contribution < -0.4 is 16.4 Å². The van der Waals surface area contributed by atoms with Gasteiger partial charge in [0.2, 0.25) is 5.91 Å². The topological polar surface area (TPSA) is 97.1 Å². The number of benzene rings is 3. The Balaban J connectivity index is 1.51. The molecule has 40 heavy (non-hydrogen) atoms. The second-order valence-electron chi connectivity index (χ2n) is 9.43. The molecule has 0 unspecified atom stereocenters. The van der Waals surface area contributed by atoms with E-state index in [1.807, 2.05) is 30.3 Å². The lowest BCUT2D eigenvalue weighted by atomic mass is 9.93. The van der Waals surface area contributed by atoms with Crippen LogP contribution in [0.2, 0.25) is 0 Å². The van der Waals surface area contributed by atoms with Gasteiger partial charge in [-0.15, -0.1) is 0 Å². The Bertz CT molecular complexity index is 1620. The number of hydrogen-bond donors (Lipinski definition) is 3. The first-order valence-corrected chi connectivity index (χ1v) is 12.6. The molecule has 1 aliphatic rings. The van der Waals surface area contributed by atoms with E-state index in [2.05, 4.69) is 15.6 Å². The number of pyridine rings is 1. The molecule has 0 aliphatic carbocycles. The number of hydrogen-bond acceptors (Lipinski definition) is 4. The van der Waals surface area contributed by atoms with Crippen LogP contribution in [0.25, 0.3) is 16.7 Å². The number of nitrogens with zero attached hydrogens (tertiary/aromatic N) is 1. The summed E-state index contributed by atoms with van der Waals surface area (Å²) in [6.45, 7) is 0.572. The van der Waals surface area contributed by atoms with Crippen LogP contribution in [0.15, 0.2) is 85.1 Å². The predicted octanol–water partition coefficient (Wildman–Crippen LogP) is 5.56. The van der Waals surface area contributed by atoms with Crippen molar-refractivity contribution >= 4 is 23.1 Å². The second-order valence-corrected chi connectivity index (χ2v) is 9.43. The molecule has 3 aromatic carbocycles. The van der Waals surface area contributed by atoms with Gasteiger partial charge in [0, 0.05) is 35.6 Å². The van der Waals surface area contributed by atoms with E-state index in [0.29, 0.717) is 28.9 Å². The number of anilines is 1. The van der Waals surface area contributed by atoms with Crippen LogP contribution in [-0.2, 0) is 11.2 Å². The summed E-state index contributed by atoms with van der Waals surface area (Å²) in [6.07, 6.45) is 3.55. The van der Waals surface area contributed by atoms with Gasteiger partial charge >= 0.3 is 0 Å². The minimum Gasteiger partial charge on any atom is -0.381 e. The van der Waals surface area contributed by atoms with Crippen LogP contribution >= 0.6 is 0 Å². The summed E-state index contributed by atoms with van der Waals surface area (Å²) in [4.78, 5) is 29.7. The Kier molecular flexibility index (Phi) is 7.63. The quantitative estimate of drug-likeness (QED) is 0.272. The molecule has 9 heteroatoms. The number of fused-ring (bicyclic) bond motifs is 1. The molecule has 0 spiro atoms. The Morgan fingerprint density at radius 3 is 2.48 bits per heavy atom. The lowest BCUT2D eigenvalue weighted by Gasteiger charge is -2.23. The largest absolute Gasteiger partial charge is 0.381 e. The Morgan fingerprint density at radius 2 is 1.70 bits per heavy atom. The lowest BCUT2D eigenvalue weighted by Crippen LogP contribution is -2.31. The fraction of sp³-hybridized carbons (Fsp3) is 0.129. The number of carbonyl (C=O) groups excluding carboxylic acids is 2. The number of amides is 2. The van der Waals surface area contributed by atoms with E-state index in [0.717, 1.165) is 29.0 Å². The van der Waals surface area contributed by atoms with Crippen molar-refractivity contribution < 1.29 is 22.8 Å². The number of halogens is 3. The number of primary amides is 1. The summed E-state index contributed by atoms with van der Waals surface area (Å²) < 4.78 is 42.3. The van der Waals surface area contributed by atoms with Crippen LogP contribution in [-0.4, -0.2) is 23.3 Å². The minimum absolute atomic E-state index is 0.0193. The molecular formula is C31H25F3N4O2. The average Bonchev–Trinajstić information content (AvgIpc) is 2.92. The standard InChI is InChI=1S/C31H25F3N4O2/c32-21-12-18(13-22(33)17-21)14-28(38-29(39)16-20-9-11-36-27-6-2-1-4-23(20)27)30-24(5-3-10-37-30)19-7-8-26(34)25(15-19)31(35)40/h1-10,12-13,15,17,28,36H,11,14,16H2,(H2,35,40)(H,38,39)/t28-/m0/s1. The molecule has 202 valence electrons. The van der Waals surface area contributed by atoms with Crippen LogP contribution in [0.3, 0.4) is 0 Å². The smallest absolute Gasteiger partial charge is 0.251 e. The van der Waals surface area contributed by atoms with Gasteiger partial charge < -0.3 is 16.4 Å². The number of aromatic nitrogens is 1. The zero-order chi connectivity index (χ0) is 28.2. The highest BCUT2D eigenvalue weighted by Gasteiger charge is 2.24. The van der Waals surface area contributed by atoms with Gasteiger partial charge in [0.25, 0.3) is 5.91 Å². The highest BCUT2D eigenvalue weighted by atomic mass is 19.1. The third-order valence-corrected chi connectivity index (χ3v) is 6.67. The van der Waals surface area contributed by atoms with Gasteiger partial charge in [-0.2, -0.15) is 0 Å². The summed E-state index contributed by atoms with van der Waals surface area (Å²) in [5.74, 6) is -3.51. The van der Waals surface area contributed by atoms with Gasteiger partial charge in [0.1, 0.15) is 17.5 Å².